The number of unbranched alkanes of at least 4 members (excludes halogenated alkanes) is 10. The van der Waals surface area contributed by atoms with Crippen LogP contribution in [0.1, 0.15) is 104 Å². The Kier molecular flexibility index (Phi) is 16.3. The minimum atomic E-state index is -1.30. The number of halogens is 1. The van der Waals surface area contributed by atoms with Crippen LogP contribution in [0, 0.1) is 5.41 Å². The maximum atomic E-state index is 12.4. The first-order valence-electron chi connectivity index (χ1n) is 11.0. The van der Waals surface area contributed by atoms with Crippen molar-refractivity contribution in [1.82, 2.24) is 0 Å². The summed E-state index contributed by atoms with van der Waals surface area (Å²) in [5.41, 5.74) is -1.30. The van der Waals surface area contributed by atoms with Gasteiger partial charge in [0.15, 0.2) is 5.41 Å². The third-order valence-electron chi connectivity index (χ3n) is 5.28. The van der Waals surface area contributed by atoms with E-state index in [1.54, 1.807) is 13.8 Å². The van der Waals surface area contributed by atoms with Crippen LogP contribution in [0.2, 0.25) is 0 Å². The van der Waals surface area contributed by atoms with Crippen molar-refractivity contribution in [2.24, 2.45) is 5.41 Å². The molecule has 0 aliphatic carbocycles. The molecule has 0 aromatic rings. The van der Waals surface area contributed by atoms with Gasteiger partial charge in [0.05, 0.1) is 6.61 Å². The largest absolute Gasteiger partial charge is 0.465 e. The van der Waals surface area contributed by atoms with Gasteiger partial charge in [-0.3, -0.25) is 9.59 Å². The summed E-state index contributed by atoms with van der Waals surface area (Å²) in [5.74, 6) is -1.21. The Bertz CT molecular complexity index is 381. The number of carbonyl (C=O) groups is 2. The number of carbonyl (C=O) groups excluding carboxylic acids is 2. The summed E-state index contributed by atoms with van der Waals surface area (Å²) in [5, 5.41) is 0. The van der Waals surface area contributed by atoms with Gasteiger partial charge in [0, 0.05) is 0 Å². The number of ether oxygens (including phenoxy) is 2. The summed E-state index contributed by atoms with van der Waals surface area (Å²) < 4.78 is 22.4. The highest BCUT2D eigenvalue weighted by Gasteiger charge is 2.45. The van der Waals surface area contributed by atoms with Crippen LogP contribution in [0.3, 0.4) is 0 Å². The molecule has 0 aliphatic heterocycles. The van der Waals surface area contributed by atoms with E-state index in [4.69, 9.17) is 9.47 Å². The predicted octanol–water partition coefficient (Wildman–Crippen LogP) is 6.16. The fraction of sp³-hybridized carbons (Fsp3) is 0.909. The first kappa shape index (κ1) is 25.9. The van der Waals surface area contributed by atoms with Gasteiger partial charge in [-0.25, -0.2) is 4.39 Å². The van der Waals surface area contributed by atoms with Crippen molar-refractivity contribution in [3.05, 3.63) is 0 Å². The van der Waals surface area contributed by atoms with E-state index in [1.165, 1.54) is 51.4 Å². The van der Waals surface area contributed by atoms with Gasteiger partial charge in [-0.1, -0.05) is 85.0 Å². The third kappa shape index (κ3) is 10.7. The molecule has 0 N–H and O–H groups in total. The maximum absolute atomic E-state index is 12.4. The summed E-state index contributed by atoms with van der Waals surface area (Å²) in [7, 11) is 0. The molecule has 0 saturated carbocycles. The molecule has 0 bridgehead atoms. The lowest BCUT2D eigenvalue weighted by molar-refractivity contribution is -0.173. The first-order chi connectivity index (χ1) is 13.1. The lowest BCUT2D eigenvalue weighted by Gasteiger charge is -2.26. The molecule has 160 valence electrons. The quantitative estimate of drug-likeness (QED) is 0.160. The lowest BCUT2D eigenvalue weighted by atomic mass is 9.82. The Hall–Kier alpha value is -1.13. The van der Waals surface area contributed by atoms with E-state index in [-0.39, 0.29) is 6.61 Å². The SMILES string of the molecule is CCCCCCCCCCCCCOC(=O)C(CC)(CC)C(=O)OCCF. The van der Waals surface area contributed by atoms with Crippen LogP contribution in [0.15, 0.2) is 0 Å². The Morgan fingerprint density at radius 2 is 1.07 bits per heavy atom. The molecule has 0 rings (SSSR count). The number of hydrogen-bond acceptors (Lipinski definition) is 4. The van der Waals surface area contributed by atoms with Crippen LogP contribution < -0.4 is 0 Å². The van der Waals surface area contributed by atoms with Crippen molar-refractivity contribution in [3.63, 3.8) is 0 Å². The van der Waals surface area contributed by atoms with Crippen LogP contribution in [-0.2, 0) is 19.1 Å². The number of hydrogen-bond donors (Lipinski definition) is 0. The molecule has 0 fully saturated rings. The van der Waals surface area contributed by atoms with Gasteiger partial charge in [-0.05, 0) is 19.3 Å². The highest BCUT2D eigenvalue weighted by molar-refractivity contribution is 5.99. The van der Waals surface area contributed by atoms with E-state index >= 15 is 0 Å². The minimum absolute atomic E-state index is 0.297. The highest BCUT2D eigenvalue weighted by atomic mass is 19.1. The first-order valence-corrected chi connectivity index (χ1v) is 11.0. The number of alkyl halides is 1. The van der Waals surface area contributed by atoms with Crippen molar-refractivity contribution >= 4 is 11.9 Å². The van der Waals surface area contributed by atoms with E-state index in [2.05, 4.69) is 6.92 Å². The zero-order valence-electron chi connectivity index (χ0n) is 17.8. The molecular weight excluding hydrogens is 347 g/mol. The molecule has 5 heteroatoms. The molecule has 0 heterocycles. The van der Waals surface area contributed by atoms with E-state index in [1.807, 2.05) is 0 Å². The summed E-state index contributed by atoms with van der Waals surface area (Å²) in [6, 6.07) is 0. The smallest absolute Gasteiger partial charge is 0.323 e. The molecule has 0 unspecified atom stereocenters. The van der Waals surface area contributed by atoms with Gasteiger partial charge in [-0.15, -0.1) is 0 Å². The standard InChI is InChI=1S/C22H41FO4/c1-4-7-8-9-10-11-12-13-14-15-16-18-26-20(24)22(5-2,6-3)21(25)27-19-17-23/h4-19H2,1-3H3. The molecule has 0 amide bonds. The zero-order chi connectivity index (χ0) is 20.4. The molecule has 27 heavy (non-hydrogen) atoms. The Labute approximate surface area is 165 Å². The monoisotopic (exact) mass is 388 g/mol. The second kappa shape index (κ2) is 17.0. The second-order valence-electron chi connectivity index (χ2n) is 7.29. The Balaban J connectivity index is 3.88. The van der Waals surface area contributed by atoms with E-state index in [9.17, 15) is 14.0 Å². The normalized spacial score (nSPS) is 11.4. The van der Waals surface area contributed by atoms with E-state index in [0.29, 0.717) is 19.4 Å². The summed E-state index contributed by atoms with van der Waals surface area (Å²) in [4.78, 5) is 24.6. The van der Waals surface area contributed by atoms with Gasteiger partial charge in [-0.2, -0.15) is 0 Å². The molecule has 0 saturated heterocycles. The van der Waals surface area contributed by atoms with Crippen molar-refractivity contribution < 1.29 is 23.5 Å². The van der Waals surface area contributed by atoms with E-state index in [0.717, 1.165) is 19.3 Å². The fourth-order valence-electron chi connectivity index (χ4n) is 3.25. The van der Waals surface area contributed by atoms with Gasteiger partial charge < -0.3 is 9.47 Å². The van der Waals surface area contributed by atoms with Crippen molar-refractivity contribution in [1.29, 1.82) is 0 Å². The molecule has 4 nitrogen and oxygen atoms in total. The number of rotatable bonds is 18. The summed E-state index contributed by atoms with van der Waals surface area (Å²) in [6.07, 6.45) is 14.1. The molecule has 0 spiro atoms. The van der Waals surface area contributed by atoms with Gasteiger partial charge in [0.25, 0.3) is 0 Å². The second-order valence-corrected chi connectivity index (χ2v) is 7.29. The van der Waals surface area contributed by atoms with Crippen molar-refractivity contribution in [2.45, 2.75) is 104 Å². The topological polar surface area (TPSA) is 52.6 Å². The lowest BCUT2D eigenvalue weighted by Crippen LogP contribution is -2.41. The highest BCUT2D eigenvalue weighted by Crippen LogP contribution is 2.30. The fourth-order valence-corrected chi connectivity index (χ4v) is 3.25. The van der Waals surface area contributed by atoms with Crippen LogP contribution in [-0.4, -0.2) is 31.8 Å². The van der Waals surface area contributed by atoms with Gasteiger partial charge >= 0.3 is 11.9 Å². The van der Waals surface area contributed by atoms with Gasteiger partial charge in [0.1, 0.15) is 13.3 Å². The predicted molar refractivity (Wildman–Crippen MR) is 107 cm³/mol. The molecule has 0 aromatic heterocycles. The zero-order valence-corrected chi connectivity index (χ0v) is 17.8. The molecular formula is C22H41FO4. The van der Waals surface area contributed by atoms with E-state index < -0.39 is 24.0 Å². The third-order valence-corrected chi connectivity index (χ3v) is 5.28. The molecule has 0 aliphatic rings. The van der Waals surface area contributed by atoms with Crippen molar-refractivity contribution in [2.75, 3.05) is 19.9 Å². The maximum Gasteiger partial charge on any atom is 0.323 e. The molecule has 0 atom stereocenters. The Morgan fingerprint density at radius 1 is 0.667 bits per heavy atom. The van der Waals surface area contributed by atoms with Crippen molar-refractivity contribution in [3.8, 4) is 0 Å². The number of esters is 2. The molecule has 0 radical (unpaired) electrons. The minimum Gasteiger partial charge on any atom is -0.465 e. The average Bonchev–Trinajstić information content (AvgIpc) is 2.68. The van der Waals surface area contributed by atoms with Crippen LogP contribution in [0.4, 0.5) is 4.39 Å². The average molecular weight is 389 g/mol. The van der Waals surface area contributed by atoms with Crippen LogP contribution in [0.5, 0.6) is 0 Å². The van der Waals surface area contributed by atoms with Crippen LogP contribution in [0.25, 0.3) is 0 Å². The Morgan fingerprint density at radius 3 is 1.48 bits per heavy atom. The summed E-state index contributed by atoms with van der Waals surface area (Å²) in [6.45, 7) is 5.01. The van der Waals surface area contributed by atoms with Gasteiger partial charge in [0.2, 0.25) is 0 Å². The van der Waals surface area contributed by atoms with Crippen LogP contribution >= 0.6 is 0 Å². The molecule has 0 aromatic carbocycles. The summed E-state index contributed by atoms with van der Waals surface area (Å²) >= 11 is 0.